The maximum Gasteiger partial charge on any atom is 0.191 e. The van der Waals surface area contributed by atoms with Gasteiger partial charge in [-0.25, -0.2) is 0 Å². The Labute approximate surface area is 150 Å². The number of halogens is 1. The second-order valence-electron chi connectivity index (χ2n) is 6.02. The lowest BCUT2D eigenvalue weighted by molar-refractivity contribution is 0.0220. The first-order valence-electron chi connectivity index (χ1n) is 8.77. The number of nitrogens with zero attached hydrogens (tertiary/aromatic N) is 2. The minimum atomic E-state index is 0.428. The average molecular weight is 353 g/mol. The Morgan fingerprint density at radius 3 is 2.83 bits per heavy atom. The molecule has 0 radical (unpaired) electrons. The van der Waals surface area contributed by atoms with Crippen LogP contribution in [0.2, 0.25) is 5.02 Å². The monoisotopic (exact) mass is 352 g/mol. The van der Waals surface area contributed by atoms with Gasteiger partial charge in [-0.3, -0.25) is 9.89 Å². The van der Waals surface area contributed by atoms with Crippen molar-refractivity contribution in [3.05, 3.63) is 34.9 Å². The zero-order valence-corrected chi connectivity index (χ0v) is 15.5. The summed E-state index contributed by atoms with van der Waals surface area (Å²) in [5.74, 6) is 0.875. The van der Waals surface area contributed by atoms with E-state index in [9.17, 15) is 0 Å². The van der Waals surface area contributed by atoms with Crippen LogP contribution in [-0.4, -0.2) is 62.8 Å². The number of benzene rings is 1. The number of morpholine rings is 1. The lowest BCUT2D eigenvalue weighted by atomic mass is 10.1. The smallest absolute Gasteiger partial charge is 0.191 e. The van der Waals surface area contributed by atoms with Crippen LogP contribution in [0.3, 0.4) is 0 Å². The van der Waals surface area contributed by atoms with E-state index in [0.29, 0.717) is 6.04 Å². The Balaban J connectivity index is 1.79. The van der Waals surface area contributed by atoms with Crippen LogP contribution in [0.25, 0.3) is 0 Å². The summed E-state index contributed by atoms with van der Waals surface area (Å²) in [7, 11) is 0. The van der Waals surface area contributed by atoms with Gasteiger partial charge in [0, 0.05) is 37.2 Å². The third kappa shape index (κ3) is 6.67. The fourth-order valence-electron chi connectivity index (χ4n) is 2.72. The topological polar surface area (TPSA) is 48.9 Å². The Hall–Kier alpha value is -1.30. The largest absolute Gasteiger partial charge is 0.379 e. The molecule has 0 amide bonds. The molecule has 0 aliphatic carbocycles. The fourth-order valence-corrected chi connectivity index (χ4v) is 2.93. The number of hydrogen-bond donors (Lipinski definition) is 2. The molecule has 2 rings (SSSR count). The Morgan fingerprint density at radius 2 is 2.12 bits per heavy atom. The molecule has 0 saturated carbocycles. The van der Waals surface area contributed by atoms with Gasteiger partial charge in [-0.15, -0.1) is 0 Å². The molecule has 1 atom stereocenters. The van der Waals surface area contributed by atoms with Gasteiger partial charge < -0.3 is 15.4 Å². The van der Waals surface area contributed by atoms with E-state index in [2.05, 4.69) is 35.4 Å². The van der Waals surface area contributed by atoms with Crippen LogP contribution >= 0.6 is 11.6 Å². The lowest BCUT2D eigenvalue weighted by Crippen LogP contribution is -2.44. The number of nitrogens with one attached hydrogen (secondary N) is 2. The standard InChI is InChI=1S/C18H29ClN4O/c1-3-20-18(21-8-7-16-5-4-6-17(19)13-16)22-14-15(2)23-9-11-24-12-10-23/h4-6,13,15H,3,7-12,14H2,1-2H3,(H2,20,21,22). The van der Waals surface area contributed by atoms with E-state index in [1.165, 1.54) is 5.56 Å². The number of rotatable bonds is 7. The summed E-state index contributed by atoms with van der Waals surface area (Å²) in [6, 6.07) is 8.42. The predicted octanol–water partition coefficient (Wildman–Crippen LogP) is 2.16. The highest BCUT2D eigenvalue weighted by Gasteiger charge is 2.16. The molecule has 0 bridgehead atoms. The molecule has 1 unspecified atom stereocenters. The van der Waals surface area contributed by atoms with Gasteiger partial charge in [0.2, 0.25) is 0 Å². The third-order valence-corrected chi connectivity index (χ3v) is 4.36. The minimum absolute atomic E-state index is 0.428. The van der Waals surface area contributed by atoms with Gasteiger partial charge >= 0.3 is 0 Å². The van der Waals surface area contributed by atoms with Crippen molar-refractivity contribution in [2.45, 2.75) is 26.3 Å². The minimum Gasteiger partial charge on any atom is -0.379 e. The zero-order valence-electron chi connectivity index (χ0n) is 14.7. The molecule has 134 valence electrons. The van der Waals surface area contributed by atoms with Crippen LogP contribution in [0.5, 0.6) is 0 Å². The van der Waals surface area contributed by atoms with E-state index in [1.807, 2.05) is 18.2 Å². The first kappa shape index (κ1) is 19.0. The zero-order chi connectivity index (χ0) is 17.2. The molecule has 1 fully saturated rings. The van der Waals surface area contributed by atoms with Crippen molar-refractivity contribution in [2.24, 2.45) is 4.99 Å². The number of ether oxygens (including phenoxy) is 1. The molecule has 0 aromatic heterocycles. The highest BCUT2D eigenvalue weighted by Crippen LogP contribution is 2.10. The van der Waals surface area contributed by atoms with Crippen molar-refractivity contribution in [1.29, 1.82) is 0 Å². The summed E-state index contributed by atoms with van der Waals surface area (Å²) < 4.78 is 5.41. The summed E-state index contributed by atoms with van der Waals surface area (Å²) in [5.41, 5.74) is 1.23. The highest BCUT2D eigenvalue weighted by molar-refractivity contribution is 6.30. The van der Waals surface area contributed by atoms with Crippen molar-refractivity contribution < 1.29 is 4.74 Å². The summed E-state index contributed by atoms with van der Waals surface area (Å²) in [6.07, 6.45) is 0.921. The molecule has 5 nitrogen and oxygen atoms in total. The first-order chi connectivity index (χ1) is 11.7. The molecule has 0 spiro atoms. The van der Waals surface area contributed by atoms with Crippen LogP contribution in [0.15, 0.2) is 29.3 Å². The van der Waals surface area contributed by atoms with E-state index in [4.69, 9.17) is 21.3 Å². The molecule has 1 heterocycles. The van der Waals surface area contributed by atoms with Crippen LogP contribution in [-0.2, 0) is 11.2 Å². The van der Waals surface area contributed by atoms with Gasteiger partial charge in [-0.2, -0.15) is 0 Å². The van der Waals surface area contributed by atoms with Crippen LogP contribution in [0.4, 0.5) is 0 Å². The third-order valence-electron chi connectivity index (χ3n) is 4.12. The van der Waals surface area contributed by atoms with E-state index in [-0.39, 0.29) is 0 Å². The fraction of sp³-hybridized carbons (Fsp3) is 0.611. The summed E-state index contributed by atoms with van der Waals surface area (Å²) in [5, 5.41) is 7.49. The van der Waals surface area contributed by atoms with E-state index in [1.54, 1.807) is 0 Å². The van der Waals surface area contributed by atoms with Gasteiger partial charge in [-0.05, 0) is 38.0 Å². The van der Waals surface area contributed by atoms with Crippen LogP contribution in [0.1, 0.15) is 19.4 Å². The Bertz CT molecular complexity index is 517. The number of hydrogen-bond acceptors (Lipinski definition) is 3. The summed E-state index contributed by atoms with van der Waals surface area (Å²) in [6.45, 7) is 10.4. The van der Waals surface area contributed by atoms with E-state index in [0.717, 1.165) is 63.3 Å². The molecule has 1 aromatic carbocycles. The Kier molecular flexibility index (Phi) is 8.36. The van der Waals surface area contributed by atoms with Crippen LogP contribution < -0.4 is 10.6 Å². The van der Waals surface area contributed by atoms with E-state index >= 15 is 0 Å². The molecule has 6 heteroatoms. The maximum atomic E-state index is 6.02. The van der Waals surface area contributed by atoms with Crippen molar-refractivity contribution in [3.63, 3.8) is 0 Å². The maximum absolute atomic E-state index is 6.02. The summed E-state index contributed by atoms with van der Waals surface area (Å²) >= 11 is 6.02. The molecular weight excluding hydrogens is 324 g/mol. The van der Waals surface area contributed by atoms with Gasteiger partial charge in [-0.1, -0.05) is 23.7 Å². The van der Waals surface area contributed by atoms with Crippen LogP contribution in [0, 0.1) is 0 Å². The molecule has 1 aliphatic rings. The molecule has 1 aliphatic heterocycles. The normalized spacial score (nSPS) is 17.5. The van der Waals surface area contributed by atoms with Gasteiger partial charge in [0.1, 0.15) is 0 Å². The molecule has 2 N–H and O–H groups in total. The quantitative estimate of drug-likeness (QED) is 0.583. The van der Waals surface area contributed by atoms with Crippen molar-refractivity contribution in [2.75, 3.05) is 45.9 Å². The molecule has 1 aromatic rings. The summed E-state index contributed by atoms with van der Waals surface area (Å²) in [4.78, 5) is 7.16. The average Bonchev–Trinajstić information content (AvgIpc) is 2.60. The van der Waals surface area contributed by atoms with Gasteiger partial charge in [0.15, 0.2) is 5.96 Å². The molecular formula is C18H29ClN4O. The number of aliphatic imine (C=N–C) groups is 1. The molecule has 1 saturated heterocycles. The first-order valence-corrected chi connectivity index (χ1v) is 9.15. The van der Waals surface area contributed by atoms with Crippen molar-refractivity contribution in [1.82, 2.24) is 15.5 Å². The van der Waals surface area contributed by atoms with Crippen molar-refractivity contribution >= 4 is 17.6 Å². The molecule has 24 heavy (non-hydrogen) atoms. The van der Waals surface area contributed by atoms with Crippen molar-refractivity contribution in [3.8, 4) is 0 Å². The SMILES string of the molecule is CCNC(=NCC(C)N1CCOCC1)NCCc1cccc(Cl)c1. The van der Waals surface area contributed by atoms with Gasteiger partial charge in [0.25, 0.3) is 0 Å². The Morgan fingerprint density at radius 1 is 1.33 bits per heavy atom. The van der Waals surface area contributed by atoms with Gasteiger partial charge in [0.05, 0.1) is 19.8 Å². The van der Waals surface area contributed by atoms with E-state index < -0.39 is 0 Å². The predicted molar refractivity (Wildman–Crippen MR) is 101 cm³/mol. The second kappa shape index (κ2) is 10.5. The highest BCUT2D eigenvalue weighted by atomic mass is 35.5. The lowest BCUT2D eigenvalue weighted by Gasteiger charge is -2.31. The second-order valence-corrected chi connectivity index (χ2v) is 6.46. The number of guanidine groups is 1.